The number of amides is 2. The number of rotatable bonds is 8. The van der Waals surface area contributed by atoms with Gasteiger partial charge in [-0.1, -0.05) is 23.2 Å². The SMILES string of the molecule is Cc1cc(OCC(=O)NC2(C)CC(C)(NC(=O)COc3ccc(Cl)c(F)c3)C2)ncc1Cl. The minimum Gasteiger partial charge on any atom is -0.484 e. The van der Waals surface area contributed by atoms with Gasteiger partial charge in [-0.15, -0.1) is 0 Å². The van der Waals surface area contributed by atoms with E-state index in [1.807, 2.05) is 20.8 Å². The van der Waals surface area contributed by atoms with Gasteiger partial charge in [0.1, 0.15) is 11.6 Å². The molecule has 1 aliphatic carbocycles. The van der Waals surface area contributed by atoms with E-state index in [4.69, 9.17) is 32.7 Å². The van der Waals surface area contributed by atoms with Crippen LogP contribution in [0.15, 0.2) is 30.5 Å². The Morgan fingerprint density at radius 2 is 1.62 bits per heavy atom. The normalized spacial score (nSPS) is 21.9. The van der Waals surface area contributed by atoms with Gasteiger partial charge in [0.05, 0.1) is 10.0 Å². The van der Waals surface area contributed by atoms with Gasteiger partial charge in [0.15, 0.2) is 13.2 Å². The van der Waals surface area contributed by atoms with E-state index in [0.29, 0.717) is 23.7 Å². The van der Waals surface area contributed by atoms with Crippen LogP contribution in [0.4, 0.5) is 4.39 Å². The van der Waals surface area contributed by atoms with Crippen LogP contribution in [0.3, 0.4) is 0 Å². The van der Waals surface area contributed by atoms with E-state index in [-0.39, 0.29) is 35.8 Å². The molecule has 0 bridgehead atoms. The van der Waals surface area contributed by atoms with Crippen molar-refractivity contribution < 1.29 is 23.5 Å². The Labute approximate surface area is 195 Å². The average Bonchev–Trinajstić information content (AvgIpc) is 2.68. The van der Waals surface area contributed by atoms with Gasteiger partial charge >= 0.3 is 0 Å². The van der Waals surface area contributed by atoms with Gasteiger partial charge in [0.2, 0.25) is 5.88 Å². The fourth-order valence-corrected chi connectivity index (χ4v) is 4.26. The second kappa shape index (κ2) is 9.50. The third-order valence-corrected chi connectivity index (χ3v) is 5.78. The summed E-state index contributed by atoms with van der Waals surface area (Å²) in [6.07, 6.45) is 2.54. The molecule has 0 radical (unpaired) electrons. The molecule has 1 aromatic carbocycles. The molecule has 172 valence electrons. The Bertz CT molecular complexity index is 949. The number of nitrogens with zero attached hydrogens (tertiary/aromatic N) is 1. The molecule has 0 atom stereocenters. The number of aryl methyl sites for hydroxylation is 1. The first-order valence-electron chi connectivity index (χ1n) is 9.92. The number of nitrogens with one attached hydrogen (secondary N) is 2. The number of carbonyl (C=O) groups excluding carboxylic acids is 2. The Hall–Kier alpha value is -2.58. The number of aromatic nitrogens is 1. The van der Waals surface area contributed by atoms with Crippen molar-refractivity contribution in [3.63, 3.8) is 0 Å². The quantitative estimate of drug-likeness (QED) is 0.595. The molecule has 1 saturated carbocycles. The van der Waals surface area contributed by atoms with Gasteiger partial charge in [0, 0.05) is 29.4 Å². The molecule has 2 aromatic rings. The number of hydrogen-bond acceptors (Lipinski definition) is 5. The maximum absolute atomic E-state index is 13.4. The van der Waals surface area contributed by atoms with Crippen molar-refractivity contribution in [2.45, 2.75) is 44.7 Å². The highest BCUT2D eigenvalue weighted by Crippen LogP contribution is 2.40. The predicted octanol–water partition coefficient (Wildman–Crippen LogP) is 3.84. The van der Waals surface area contributed by atoms with Crippen LogP contribution in [-0.2, 0) is 9.59 Å². The molecule has 0 unspecified atom stereocenters. The molecule has 1 aliphatic rings. The molecule has 0 saturated heterocycles. The second-order valence-corrected chi connectivity index (χ2v) is 9.31. The first-order valence-corrected chi connectivity index (χ1v) is 10.7. The summed E-state index contributed by atoms with van der Waals surface area (Å²) in [7, 11) is 0. The van der Waals surface area contributed by atoms with Gasteiger partial charge in [-0.3, -0.25) is 9.59 Å². The van der Waals surface area contributed by atoms with E-state index in [0.717, 1.165) is 11.6 Å². The predicted molar refractivity (Wildman–Crippen MR) is 119 cm³/mol. The van der Waals surface area contributed by atoms with Crippen LogP contribution in [0.2, 0.25) is 10.0 Å². The Kier molecular flexibility index (Phi) is 7.15. The zero-order valence-corrected chi connectivity index (χ0v) is 19.4. The van der Waals surface area contributed by atoms with Crippen LogP contribution in [-0.4, -0.2) is 41.1 Å². The van der Waals surface area contributed by atoms with Crippen LogP contribution in [0.25, 0.3) is 0 Å². The van der Waals surface area contributed by atoms with Gasteiger partial charge in [-0.05, 0) is 51.3 Å². The lowest BCUT2D eigenvalue weighted by Crippen LogP contribution is -2.69. The number of pyridine rings is 1. The van der Waals surface area contributed by atoms with Gasteiger partial charge < -0.3 is 20.1 Å². The Balaban J connectivity index is 1.42. The summed E-state index contributed by atoms with van der Waals surface area (Å²) < 4.78 is 24.2. The Morgan fingerprint density at radius 1 is 1.03 bits per heavy atom. The molecule has 1 heterocycles. The molecule has 2 N–H and O–H groups in total. The van der Waals surface area contributed by atoms with Crippen molar-refractivity contribution in [1.82, 2.24) is 15.6 Å². The number of halogens is 3. The van der Waals surface area contributed by atoms with Crippen LogP contribution in [0.1, 0.15) is 32.3 Å². The number of ether oxygens (including phenoxy) is 2. The molecule has 32 heavy (non-hydrogen) atoms. The van der Waals surface area contributed by atoms with E-state index in [1.165, 1.54) is 18.3 Å². The third-order valence-electron chi connectivity index (χ3n) is 5.08. The maximum Gasteiger partial charge on any atom is 0.258 e. The molecule has 10 heteroatoms. The van der Waals surface area contributed by atoms with Crippen molar-refractivity contribution in [2.75, 3.05) is 13.2 Å². The second-order valence-electron chi connectivity index (χ2n) is 8.50. The van der Waals surface area contributed by atoms with Crippen molar-refractivity contribution in [1.29, 1.82) is 0 Å². The summed E-state index contributed by atoms with van der Waals surface area (Å²) in [4.78, 5) is 28.5. The fraction of sp³-hybridized carbons (Fsp3) is 0.409. The van der Waals surface area contributed by atoms with E-state index in [9.17, 15) is 14.0 Å². The first kappa shape index (κ1) is 24.1. The van der Waals surface area contributed by atoms with Crippen molar-refractivity contribution in [2.24, 2.45) is 0 Å². The van der Waals surface area contributed by atoms with Crippen molar-refractivity contribution in [3.05, 3.63) is 51.9 Å². The van der Waals surface area contributed by atoms with E-state index >= 15 is 0 Å². The van der Waals surface area contributed by atoms with E-state index in [1.54, 1.807) is 6.07 Å². The highest BCUT2D eigenvalue weighted by Gasteiger charge is 2.50. The highest BCUT2D eigenvalue weighted by atomic mass is 35.5. The minimum absolute atomic E-state index is 0.0185. The zero-order chi connectivity index (χ0) is 23.5. The van der Waals surface area contributed by atoms with Crippen molar-refractivity contribution in [3.8, 4) is 11.6 Å². The average molecular weight is 484 g/mol. The minimum atomic E-state index is -0.618. The van der Waals surface area contributed by atoms with Crippen LogP contribution in [0, 0.1) is 12.7 Å². The van der Waals surface area contributed by atoms with Crippen LogP contribution in [0.5, 0.6) is 11.6 Å². The smallest absolute Gasteiger partial charge is 0.258 e. The maximum atomic E-state index is 13.4. The van der Waals surface area contributed by atoms with Crippen LogP contribution >= 0.6 is 23.2 Å². The largest absolute Gasteiger partial charge is 0.484 e. The summed E-state index contributed by atoms with van der Waals surface area (Å²) >= 11 is 11.6. The van der Waals surface area contributed by atoms with Crippen molar-refractivity contribution >= 4 is 35.0 Å². The lowest BCUT2D eigenvalue weighted by atomic mass is 9.64. The zero-order valence-electron chi connectivity index (χ0n) is 17.9. The van der Waals surface area contributed by atoms with Crippen LogP contribution < -0.4 is 20.1 Å². The lowest BCUT2D eigenvalue weighted by molar-refractivity contribution is -0.129. The fourth-order valence-electron chi connectivity index (χ4n) is 4.04. The van der Waals surface area contributed by atoms with Gasteiger partial charge in [-0.2, -0.15) is 0 Å². The van der Waals surface area contributed by atoms with E-state index < -0.39 is 16.9 Å². The topological polar surface area (TPSA) is 89.6 Å². The molecule has 1 fully saturated rings. The number of hydrogen-bond donors (Lipinski definition) is 2. The highest BCUT2D eigenvalue weighted by molar-refractivity contribution is 6.31. The molecular weight excluding hydrogens is 460 g/mol. The summed E-state index contributed by atoms with van der Waals surface area (Å²) in [6, 6.07) is 5.63. The summed E-state index contributed by atoms with van der Waals surface area (Å²) in [5, 5.41) is 6.34. The van der Waals surface area contributed by atoms with Gasteiger partial charge in [0.25, 0.3) is 11.8 Å². The number of carbonyl (C=O) groups is 2. The summed E-state index contributed by atoms with van der Waals surface area (Å²) in [5.41, 5.74) is -0.171. The monoisotopic (exact) mass is 483 g/mol. The molecular formula is C22H24Cl2FN3O4. The first-order chi connectivity index (χ1) is 15.0. The molecule has 7 nitrogen and oxygen atoms in total. The summed E-state index contributed by atoms with van der Waals surface area (Å²) in [6.45, 7) is 5.16. The molecule has 0 spiro atoms. The lowest BCUT2D eigenvalue weighted by Gasteiger charge is -2.53. The Morgan fingerprint density at radius 3 is 2.19 bits per heavy atom. The summed E-state index contributed by atoms with van der Waals surface area (Å²) in [5.74, 6) is -0.720. The molecule has 2 amide bonds. The third kappa shape index (κ3) is 6.23. The number of benzene rings is 1. The van der Waals surface area contributed by atoms with Gasteiger partial charge in [-0.25, -0.2) is 9.37 Å². The molecule has 3 rings (SSSR count). The molecule has 1 aromatic heterocycles. The standard InChI is InChI=1S/C22H24Cl2FN3O4/c1-13-6-20(26-8-16(13)24)32-10-19(30)28-22(3)11-21(2,12-22)27-18(29)9-31-14-4-5-15(23)17(25)7-14/h4-8H,9-12H2,1-3H3,(H,27,29)(H,28,30). The molecule has 0 aliphatic heterocycles. The van der Waals surface area contributed by atoms with E-state index in [2.05, 4.69) is 15.6 Å².